The highest BCUT2D eigenvalue weighted by atomic mass is 32.3. The van der Waals surface area contributed by atoms with Gasteiger partial charge < -0.3 is 46.3 Å². The maximum atomic E-state index is 13.3. The van der Waals surface area contributed by atoms with E-state index in [1.54, 1.807) is 24.3 Å². The van der Waals surface area contributed by atoms with Gasteiger partial charge in [-0.1, -0.05) is 5.16 Å². The molecule has 9 N–H and O–H groups in total. The highest BCUT2D eigenvalue weighted by Crippen LogP contribution is 2.33. The maximum absolute atomic E-state index is 13.3. The van der Waals surface area contributed by atoms with Crippen molar-refractivity contribution in [1.82, 2.24) is 24.5 Å². The smallest absolute Gasteiger partial charge is 0.418 e. The van der Waals surface area contributed by atoms with E-state index in [9.17, 15) is 27.9 Å². The normalized spacial score (nSPS) is 17.0. The van der Waals surface area contributed by atoms with Gasteiger partial charge in [0.1, 0.15) is 24.1 Å². The van der Waals surface area contributed by atoms with E-state index in [0.29, 0.717) is 37.0 Å². The number of amides is 2. The van der Waals surface area contributed by atoms with E-state index in [0.717, 1.165) is 34.6 Å². The largest absolute Gasteiger partial charge is 0.489 e. The second-order valence-electron chi connectivity index (χ2n) is 11.4. The SMILES string of the molecule is Cn1c(-c2ccc(OCC(O/N=C(\C(=O)NC3C(=O)N(OS(=O)(=O)O)C3(C)C)c3csc(N)n3)C(=O)O)cc2)cn(CCCN)/c1=N\CCN. The quantitative estimate of drug-likeness (QED) is 0.0412. The zero-order valence-corrected chi connectivity index (χ0v) is 28.9. The standard InChI is InChI=1S/C28H38N10O10S2/c1-28(2)22(24(40)38(28)48-50(43,44)45)34-23(39)21(18-15-49-26(31)33-18)35-47-20(25(41)42)14-46-17-7-5-16(6-8-17)19-13-37(12-4-9-29)27(36(19)3)32-11-10-30/h5-8,13,15,20,22H,4,9-12,14,29-30H2,1-3H3,(H2,31,33)(H,34,39)(H,41,42)(H,43,44,45)/b32-27-,35-21-. The first kappa shape index (κ1) is 37.9. The zero-order valence-electron chi connectivity index (χ0n) is 27.3. The van der Waals surface area contributed by atoms with Gasteiger partial charge in [-0.2, -0.15) is 13.5 Å². The number of hydrogen-bond acceptors (Lipinski definition) is 15. The van der Waals surface area contributed by atoms with Crippen LogP contribution in [0.4, 0.5) is 5.13 Å². The van der Waals surface area contributed by atoms with Crippen LogP contribution in [-0.4, -0.2) is 105 Å². The number of β-lactam (4-membered cyclic amide) rings is 1. The maximum Gasteiger partial charge on any atom is 0.418 e. The lowest BCUT2D eigenvalue weighted by Gasteiger charge is -2.50. The molecule has 3 aromatic rings. The summed E-state index contributed by atoms with van der Waals surface area (Å²) >= 11 is 0.954. The van der Waals surface area contributed by atoms with Gasteiger partial charge in [-0.15, -0.1) is 15.6 Å². The third kappa shape index (κ3) is 8.83. The van der Waals surface area contributed by atoms with Crippen LogP contribution >= 0.6 is 11.3 Å². The monoisotopic (exact) mass is 738 g/mol. The third-order valence-electron chi connectivity index (χ3n) is 7.38. The molecule has 1 aliphatic heterocycles. The molecule has 1 saturated heterocycles. The van der Waals surface area contributed by atoms with E-state index in [1.165, 1.54) is 19.2 Å². The number of carbonyl (C=O) groups is 3. The number of carboxylic acids is 1. The van der Waals surface area contributed by atoms with Crippen LogP contribution in [0.2, 0.25) is 0 Å². The molecule has 4 rings (SSSR count). The van der Waals surface area contributed by atoms with Crippen LogP contribution in [-0.2, 0) is 47.5 Å². The number of nitrogens with two attached hydrogens (primary N) is 3. The van der Waals surface area contributed by atoms with E-state index >= 15 is 0 Å². The number of hydrogen-bond donors (Lipinski definition) is 6. The van der Waals surface area contributed by atoms with Gasteiger partial charge in [0.05, 0.1) is 17.8 Å². The van der Waals surface area contributed by atoms with E-state index < -0.39 is 58.2 Å². The molecule has 20 nitrogen and oxygen atoms in total. The van der Waals surface area contributed by atoms with Gasteiger partial charge in [-0.3, -0.25) is 19.1 Å². The molecule has 2 atom stereocenters. The van der Waals surface area contributed by atoms with Crippen LogP contribution in [0, 0.1) is 0 Å². The summed E-state index contributed by atoms with van der Waals surface area (Å²) in [6.07, 6.45) is 1.02. The van der Waals surface area contributed by atoms with Crippen molar-refractivity contribution in [3.8, 4) is 17.0 Å². The summed E-state index contributed by atoms with van der Waals surface area (Å²) in [4.78, 5) is 51.6. The molecule has 2 aromatic heterocycles. The first-order valence-electron chi connectivity index (χ1n) is 15.0. The Kier molecular flexibility index (Phi) is 12.0. The Hall–Kier alpha value is -4.87. The van der Waals surface area contributed by atoms with Crippen molar-refractivity contribution in [3.05, 3.63) is 47.2 Å². The second kappa shape index (κ2) is 15.8. The molecule has 50 heavy (non-hydrogen) atoms. The number of oxime groups is 1. The Labute approximate surface area is 290 Å². The van der Waals surface area contributed by atoms with Crippen molar-refractivity contribution in [1.29, 1.82) is 0 Å². The van der Waals surface area contributed by atoms with E-state index in [2.05, 4.69) is 24.7 Å². The van der Waals surface area contributed by atoms with E-state index in [1.807, 2.05) is 22.4 Å². The average Bonchev–Trinajstić information content (AvgIpc) is 3.63. The fourth-order valence-corrected chi connectivity index (χ4v) is 5.83. The molecular weight excluding hydrogens is 701 g/mol. The predicted molar refractivity (Wildman–Crippen MR) is 179 cm³/mol. The second-order valence-corrected chi connectivity index (χ2v) is 13.2. The van der Waals surface area contributed by atoms with Gasteiger partial charge in [0, 0.05) is 31.7 Å². The number of nitrogens with one attached hydrogen (secondary N) is 1. The topological polar surface area (TPSA) is 294 Å². The first-order valence-corrected chi connectivity index (χ1v) is 17.2. The molecule has 22 heteroatoms. The average molecular weight is 739 g/mol. The Morgan fingerprint density at radius 3 is 2.46 bits per heavy atom. The van der Waals surface area contributed by atoms with Gasteiger partial charge in [0.25, 0.3) is 17.9 Å². The molecular formula is C28H38N10O10S2. The van der Waals surface area contributed by atoms with Crippen LogP contribution in [0.3, 0.4) is 0 Å². The number of aromatic nitrogens is 3. The minimum atomic E-state index is -5.03. The van der Waals surface area contributed by atoms with Crippen molar-refractivity contribution >= 4 is 50.4 Å². The summed E-state index contributed by atoms with van der Waals surface area (Å²) in [5.74, 6) is -3.17. The zero-order chi connectivity index (χ0) is 36.8. The van der Waals surface area contributed by atoms with E-state index in [4.69, 9.17) is 31.3 Å². The molecule has 2 unspecified atom stereocenters. The molecule has 0 saturated carbocycles. The lowest BCUT2D eigenvalue weighted by Crippen LogP contribution is -2.76. The minimum absolute atomic E-state index is 0.0525. The number of carboxylic acid groups (broad SMARTS) is 1. The van der Waals surface area contributed by atoms with Crippen LogP contribution in [0.25, 0.3) is 11.3 Å². The number of rotatable bonds is 17. The number of benzene rings is 1. The summed E-state index contributed by atoms with van der Waals surface area (Å²) in [6.45, 7) is 4.26. The van der Waals surface area contributed by atoms with Crippen molar-refractivity contribution in [3.63, 3.8) is 0 Å². The number of hydroxylamine groups is 2. The highest BCUT2D eigenvalue weighted by Gasteiger charge is 2.58. The summed E-state index contributed by atoms with van der Waals surface area (Å²) in [6, 6.07) is 5.54. The summed E-state index contributed by atoms with van der Waals surface area (Å²) in [5.41, 5.74) is 17.4. The van der Waals surface area contributed by atoms with Crippen LogP contribution in [0.1, 0.15) is 26.0 Å². The summed E-state index contributed by atoms with van der Waals surface area (Å²) < 4.78 is 45.1. The number of thiazole rings is 1. The Morgan fingerprint density at radius 1 is 1.20 bits per heavy atom. The number of aliphatic carboxylic acids is 1. The van der Waals surface area contributed by atoms with Crippen LogP contribution in [0.5, 0.6) is 5.75 Å². The predicted octanol–water partition coefficient (Wildman–Crippen LogP) is -1.17. The molecule has 272 valence electrons. The van der Waals surface area contributed by atoms with E-state index in [-0.39, 0.29) is 10.8 Å². The summed E-state index contributed by atoms with van der Waals surface area (Å²) in [5, 5.41) is 17.7. The van der Waals surface area contributed by atoms with Crippen LogP contribution < -0.4 is 32.9 Å². The lowest BCUT2D eigenvalue weighted by molar-refractivity contribution is -0.218. The molecule has 1 aromatic carbocycles. The fourth-order valence-electron chi connectivity index (χ4n) is 4.83. The number of carbonyl (C=O) groups excluding carboxylic acids is 2. The molecule has 0 bridgehead atoms. The minimum Gasteiger partial charge on any atom is -0.489 e. The number of nitrogen functional groups attached to an aromatic ring is 1. The number of ether oxygens (including phenoxy) is 1. The highest BCUT2D eigenvalue weighted by molar-refractivity contribution is 7.80. The molecule has 1 aliphatic rings. The van der Waals surface area contributed by atoms with Gasteiger partial charge in [-0.25, -0.2) is 9.78 Å². The Morgan fingerprint density at radius 2 is 1.90 bits per heavy atom. The number of nitrogens with zero attached hydrogens (tertiary/aromatic N) is 6. The van der Waals surface area contributed by atoms with Gasteiger partial charge in [-0.05, 0) is 56.6 Å². The number of imidazole rings is 1. The van der Waals surface area contributed by atoms with Gasteiger partial charge in [0.15, 0.2) is 10.8 Å². The van der Waals surface area contributed by atoms with Crippen LogP contribution in [0.15, 0.2) is 46.0 Å². The molecule has 0 radical (unpaired) electrons. The summed E-state index contributed by atoms with van der Waals surface area (Å²) in [7, 11) is -3.14. The van der Waals surface area contributed by atoms with Crippen molar-refractivity contribution in [2.45, 2.75) is 44.5 Å². The molecule has 2 amide bonds. The number of aryl methyl sites for hydroxylation is 1. The Balaban J connectivity index is 1.48. The lowest BCUT2D eigenvalue weighted by atomic mass is 9.84. The fraction of sp³-hybridized carbons (Fsp3) is 0.429. The van der Waals surface area contributed by atoms with Gasteiger partial charge in [0.2, 0.25) is 5.62 Å². The third-order valence-corrected chi connectivity index (χ3v) is 8.39. The van der Waals surface area contributed by atoms with Crippen molar-refractivity contribution in [2.75, 3.05) is 32.0 Å². The molecule has 1 fully saturated rings. The molecule has 0 spiro atoms. The molecule has 0 aliphatic carbocycles. The first-order chi connectivity index (χ1) is 23.6. The Bertz CT molecular complexity index is 1920. The number of anilines is 1. The molecule has 3 heterocycles. The van der Waals surface area contributed by atoms with Crippen molar-refractivity contribution in [2.24, 2.45) is 28.7 Å². The van der Waals surface area contributed by atoms with Crippen molar-refractivity contribution < 1.29 is 46.3 Å². The van der Waals surface area contributed by atoms with Gasteiger partial charge >= 0.3 is 16.4 Å².